The Morgan fingerprint density at radius 1 is 1.02 bits per heavy atom. The smallest absolute Gasteiger partial charge is 0.335 e. The highest BCUT2D eigenvalue weighted by Gasteiger charge is 2.63. The molecule has 0 aromatic heterocycles. The molecular weight excluding hydrogens is 552 g/mol. The molecule has 8 unspecified atom stereocenters. The number of hydrogen-bond acceptors (Lipinski definition) is 3. The number of carbonyl (C=O) groups is 1. The summed E-state index contributed by atoms with van der Waals surface area (Å²) in [5.41, 5.74) is 5.59. The summed E-state index contributed by atoms with van der Waals surface area (Å²) >= 11 is 0. The van der Waals surface area contributed by atoms with Crippen molar-refractivity contribution in [2.45, 2.75) is 112 Å². The molecule has 0 spiro atoms. The van der Waals surface area contributed by atoms with Gasteiger partial charge in [0.15, 0.2) is 0 Å². The van der Waals surface area contributed by atoms with Crippen LogP contribution in [0, 0.1) is 51.2 Å². The average Bonchev–Trinajstić information content (AvgIpc) is 3.38. The second-order valence-electron chi connectivity index (χ2n) is 17.1. The number of fused-ring (bicyclic) bond motifs is 3. The Bertz CT molecular complexity index is 1250. The quantitative estimate of drug-likeness (QED) is 0.162. The van der Waals surface area contributed by atoms with Crippen LogP contribution in [0.5, 0.6) is 0 Å². The summed E-state index contributed by atoms with van der Waals surface area (Å²) in [7, 11) is 2.05. The van der Waals surface area contributed by atoms with E-state index >= 15 is 0 Å². The van der Waals surface area contributed by atoms with Crippen molar-refractivity contribution in [2.24, 2.45) is 51.2 Å². The first-order valence-corrected chi connectivity index (χ1v) is 18.3. The molecule has 4 nitrogen and oxygen atoms in total. The van der Waals surface area contributed by atoms with E-state index in [1.807, 2.05) is 12.1 Å². The predicted molar refractivity (Wildman–Crippen MR) is 189 cm³/mol. The molecule has 3 fully saturated rings. The fourth-order valence-electron chi connectivity index (χ4n) is 11.6. The topological polar surface area (TPSA) is 61.4 Å². The van der Waals surface area contributed by atoms with Gasteiger partial charge in [0, 0.05) is 6.54 Å². The van der Waals surface area contributed by atoms with Gasteiger partial charge in [-0.15, -0.1) is 0 Å². The summed E-state index contributed by atoms with van der Waals surface area (Å²) in [6.45, 7) is 23.1. The van der Waals surface area contributed by atoms with Crippen molar-refractivity contribution in [1.82, 2.24) is 10.6 Å². The van der Waals surface area contributed by atoms with Crippen molar-refractivity contribution < 1.29 is 9.90 Å². The molecule has 45 heavy (non-hydrogen) atoms. The molecule has 0 heterocycles. The summed E-state index contributed by atoms with van der Waals surface area (Å²) in [6.07, 6.45) is 16.9. The number of aromatic carboxylic acids is 1. The summed E-state index contributed by atoms with van der Waals surface area (Å²) in [5.74, 6) is 2.62. The van der Waals surface area contributed by atoms with Gasteiger partial charge in [-0.2, -0.15) is 0 Å². The van der Waals surface area contributed by atoms with E-state index in [-0.39, 0.29) is 5.41 Å². The molecule has 8 atom stereocenters. The van der Waals surface area contributed by atoms with Crippen LogP contribution < -0.4 is 10.6 Å². The van der Waals surface area contributed by atoms with Crippen LogP contribution in [-0.4, -0.2) is 37.8 Å². The van der Waals surface area contributed by atoms with Crippen LogP contribution in [-0.2, 0) is 0 Å². The Morgan fingerprint density at radius 3 is 2.42 bits per heavy atom. The fraction of sp³-hybridized carbons (Fsp3) is 0.732. The highest BCUT2D eigenvalue weighted by atomic mass is 16.4. The summed E-state index contributed by atoms with van der Waals surface area (Å²) < 4.78 is 0. The lowest BCUT2D eigenvalue weighted by Gasteiger charge is -2.64. The van der Waals surface area contributed by atoms with Crippen molar-refractivity contribution in [2.75, 3.05) is 26.7 Å². The van der Waals surface area contributed by atoms with Crippen LogP contribution in [0.1, 0.15) is 128 Å². The van der Waals surface area contributed by atoms with Gasteiger partial charge in [0.2, 0.25) is 0 Å². The predicted octanol–water partition coefficient (Wildman–Crippen LogP) is 9.62. The molecule has 0 amide bonds. The largest absolute Gasteiger partial charge is 0.478 e. The van der Waals surface area contributed by atoms with Gasteiger partial charge in [-0.05, 0) is 166 Å². The van der Waals surface area contributed by atoms with E-state index in [1.165, 1.54) is 87.5 Å². The van der Waals surface area contributed by atoms with E-state index in [1.54, 1.807) is 12.1 Å². The van der Waals surface area contributed by atoms with E-state index in [0.29, 0.717) is 39.6 Å². The Hall–Kier alpha value is -1.91. The first-order valence-electron chi connectivity index (χ1n) is 18.3. The number of rotatable bonds is 12. The molecule has 1 aromatic carbocycles. The van der Waals surface area contributed by atoms with Crippen LogP contribution in [0.25, 0.3) is 5.57 Å². The third kappa shape index (κ3) is 6.24. The van der Waals surface area contributed by atoms with Gasteiger partial charge in [-0.1, -0.05) is 71.4 Å². The van der Waals surface area contributed by atoms with Crippen molar-refractivity contribution in [3.63, 3.8) is 0 Å². The summed E-state index contributed by atoms with van der Waals surface area (Å²) in [5, 5.41) is 16.7. The fourth-order valence-corrected chi connectivity index (χ4v) is 11.6. The number of benzene rings is 1. The maximum Gasteiger partial charge on any atom is 0.335 e. The van der Waals surface area contributed by atoms with Crippen molar-refractivity contribution in [3.05, 3.63) is 53.6 Å². The minimum absolute atomic E-state index is 0.0466. The molecule has 5 rings (SSSR count). The van der Waals surface area contributed by atoms with E-state index in [4.69, 9.17) is 0 Å². The van der Waals surface area contributed by atoms with Gasteiger partial charge in [-0.3, -0.25) is 0 Å². The van der Waals surface area contributed by atoms with E-state index in [2.05, 4.69) is 71.9 Å². The second-order valence-corrected chi connectivity index (χ2v) is 17.1. The standard InChI is InChI=1S/C41H64N2O2/c1-28(2)32-18-22-41(27-43-26-10-25-42-8)24-23-40(7)35(36(32)41)11-9-20-39(40,6)21-19-33-29(3)12-17-34(38(33,4)5)30-13-15-31(16-14-30)37(44)45/h13-17,29,32-33,35-36,42-43H,1,9-12,18-27H2,2-8H3,(H,44,45). The average molecular weight is 617 g/mol. The van der Waals surface area contributed by atoms with Crippen LogP contribution >= 0.6 is 0 Å². The first kappa shape index (κ1) is 34.4. The zero-order chi connectivity index (χ0) is 32.6. The number of carboxylic acid groups (broad SMARTS) is 1. The summed E-state index contributed by atoms with van der Waals surface area (Å²) in [4.78, 5) is 11.5. The van der Waals surface area contributed by atoms with E-state index in [0.717, 1.165) is 31.3 Å². The molecule has 0 saturated heterocycles. The molecule has 0 radical (unpaired) electrons. The number of carboxylic acids is 1. The first-order chi connectivity index (χ1) is 21.3. The molecule has 0 aliphatic heterocycles. The molecule has 4 aliphatic rings. The van der Waals surface area contributed by atoms with Gasteiger partial charge >= 0.3 is 5.97 Å². The Morgan fingerprint density at radius 2 is 1.76 bits per heavy atom. The van der Waals surface area contributed by atoms with Gasteiger partial charge in [0.05, 0.1) is 5.56 Å². The molecule has 4 aliphatic carbocycles. The van der Waals surface area contributed by atoms with E-state index < -0.39 is 5.97 Å². The zero-order valence-electron chi connectivity index (χ0n) is 29.7. The van der Waals surface area contributed by atoms with Crippen LogP contribution in [0.4, 0.5) is 0 Å². The molecule has 3 saturated carbocycles. The molecule has 4 heteroatoms. The number of hydrogen-bond donors (Lipinski definition) is 3. The highest BCUT2D eigenvalue weighted by molar-refractivity contribution is 5.88. The molecule has 0 bridgehead atoms. The molecular formula is C41H64N2O2. The molecule has 1 aromatic rings. The third-order valence-electron chi connectivity index (χ3n) is 14.5. The van der Waals surface area contributed by atoms with Gasteiger partial charge < -0.3 is 15.7 Å². The maximum absolute atomic E-state index is 11.5. The SMILES string of the molecule is C=C(C)C1CCC2(CNCCCNC)CCC3(C)C(CCCC3(C)CCC3C(C)CC=C(c4ccc(C(=O)O)cc4)C3(C)C)C12. The molecule has 3 N–H and O–H groups in total. The van der Waals surface area contributed by atoms with Crippen LogP contribution in [0.15, 0.2) is 42.5 Å². The van der Waals surface area contributed by atoms with Crippen molar-refractivity contribution in [1.29, 1.82) is 0 Å². The number of allylic oxidation sites excluding steroid dienone is 3. The van der Waals surface area contributed by atoms with Gasteiger partial charge in [0.25, 0.3) is 0 Å². The number of nitrogens with one attached hydrogen (secondary N) is 2. The Balaban J connectivity index is 1.36. The summed E-state index contributed by atoms with van der Waals surface area (Å²) in [6, 6.07) is 7.60. The van der Waals surface area contributed by atoms with Gasteiger partial charge in [0.1, 0.15) is 0 Å². The minimum atomic E-state index is -0.856. The van der Waals surface area contributed by atoms with Crippen LogP contribution in [0.3, 0.4) is 0 Å². The minimum Gasteiger partial charge on any atom is -0.478 e. The van der Waals surface area contributed by atoms with Gasteiger partial charge in [-0.25, -0.2) is 4.79 Å². The Kier molecular flexibility index (Phi) is 10.2. The normalized spacial score (nSPS) is 37.4. The second kappa shape index (κ2) is 13.3. The van der Waals surface area contributed by atoms with E-state index in [9.17, 15) is 9.90 Å². The molecule has 250 valence electrons. The maximum atomic E-state index is 11.5. The van der Waals surface area contributed by atoms with Crippen molar-refractivity contribution >= 4 is 11.5 Å². The Labute approximate surface area is 275 Å². The lowest BCUT2D eigenvalue weighted by molar-refractivity contribution is -0.143. The lowest BCUT2D eigenvalue weighted by Crippen LogP contribution is -2.58. The third-order valence-corrected chi connectivity index (χ3v) is 14.5. The van der Waals surface area contributed by atoms with Crippen LogP contribution in [0.2, 0.25) is 0 Å². The monoisotopic (exact) mass is 616 g/mol. The lowest BCUT2D eigenvalue weighted by atomic mass is 9.41. The zero-order valence-corrected chi connectivity index (χ0v) is 29.7. The highest BCUT2D eigenvalue weighted by Crippen LogP contribution is 2.71. The van der Waals surface area contributed by atoms with Crippen molar-refractivity contribution in [3.8, 4) is 0 Å².